The van der Waals surface area contributed by atoms with Crippen LogP contribution in [0.5, 0.6) is 5.75 Å². The lowest BCUT2D eigenvalue weighted by atomic mass is 10.1. The molecule has 0 aromatic heterocycles. The van der Waals surface area contributed by atoms with E-state index in [1.165, 1.54) is 13.2 Å². The first kappa shape index (κ1) is 13.0. The molecule has 1 atom stereocenters. The van der Waals surface area contributed by atoms with Crippen molar-refractivity contribution in [3.8, 4) is 5.75 Å². The average molecular weight is 225 g/mol. The van der Waals surface area contributed by atoms with Gasteiger partial charge in [-0.25, -0.2) is 4.39 Å². The number of hydrogen-bond donors (Lipinski definition) is 1. The van der Waals surface area contributed by atoms with Gasteiger partial charge in [0.15, 0.2) is 0 Å². The number of benzene rings is 1. The maximum Gasteiger partial charge on any atom is 0.131 e. The maximum absolute atomic E-state index is 13.6. The molecule has 90 valence electrons. The SMILES string of the molecule is CCCC(C)NCc1ccc(OC)cc1F. The van der Waals surface area contributed by atoms with Crippen LogP contribution in [0.15, 0.2) is 18.2 Å². The molecule has 0 amide bonds. The van der Waals surface area contributed by atoms with Crippen LogP contribution in [0.3, 0.4) is 0 Å². The lowest BCUT2D eigenvalue weighted by Crippen LogP contribution is -2.25. The van der Waals surface area contributed by atoms with Gasteiger partial charge in [-0.2, -0.15) is 0 Å². The van der Waals surface area contributed by atoms with E-state index in [0.717, 1.165) is 12.8 Å². The van der Waals surface area contributed by atoms with E-state index in [-0.39, 0.29) is 5.82 Å². The Morgan fingerprint density at radius 2 is 2.19 bits per heavy atom. The van der Waals surface area contributed by atoms with E-state index in [1.54, 1.807) is 12.1 Å². The summed E-state index contributed by atoms with van der Waals surface area (Å²) in [5.74, 6) is 0.346. The van der Waals surface area contributed by atoms with Gasteiger partial charge in [0.1, 0.15) is 11.6 Å². The van der Waals surface area contributed by atoms with Crippen molar-refractivity contribution in [1.82, 2.24) is 5.32 Å². The molecule has 0 saturated heterocycles. The molecule has 1 aromatic carbocycles. The first-order chi connectivity index (χ1) is 7.67. The molecule has 0 aliphatic carbocycles. The second kappa shape index (κ2) is 6.48. The van der Waals surface area contributed by atoms with Crippen molar-refractivity contribution in [2.24, 2.45) is 0 Å². The predicted molar refractivity (Wildman–Crippen MR) is 64.2 cm³/mol. The number of ether oxygens (including phenoxy) is 1. The average Bonchev–Trinajstić information content (AvgIpc) is 2.27. The first-order valence-electron chi connectivity index (χ1n) is 5.73. The highest BCUT2D eigenvalue weighted by Crippen LogP contribution is 2.16. The molecule has 1 unspecified atom stereocenters. The molecule has 0 aliphatic heterocycles. The summed E-state index contributed by atoms with van der Waals surface area (Å²) in [4.78, 5) is 0. The predicted octanol–water partition coefficient (Wildman–Crippen LogP) is 3.11. The van der Waals surface area contributed by atoms with Gasteiger partial charge in [-0.15, -0.1) is 0 Å². The first-order valence-corrected chi connectivity index (χ1v) is 5.73. The van der Waals surface area contributed by atoms with Crippen molar-refractivity contribution < 1.29 is 9.13 Å². The van der Waals surface area contributed by atoms with Crippen molar-refractivity contribution in [2.45, 2.75) is 39.3 Å². The second-order valence-electron chi connectivity index (χ2n) is 4.03. The van der Waals surface area contributed by atoms with Crippen LogP contribution in [-0.2, 0) is 6.54 Å². The monoisotopic (exact) mass is 225 g/mol. The molecule has 0 heterocycles. The minimum absolute atomic E-state index is 0.212. The molecular formula is C13H20FNO. The highest BCUT2D eigenvalue weighted by molar-refractivity contribution is 5.28. The van der Waals surface area contributed by atoms with Crippen LogP contribution in [-0.4, -0.2) is 13.2 Å². The van der Waals surface area contributed by atoms with Gasteiger partial charge < -0.3 is 10.1 Å². The zero-order valence-electron chi connectivity index (χ0n) is 10.2. The van der Waals surface area contributed by atoms with Gasteiger partial charge in [-0.1, -0.05) is 19.4 Å². The summed E-state index contributed by atoms with van der Waals surface area (Å²) < 4.78 is 18.5. The van der Waals surface area contributed by atoms with Gasteiger partial charge >= 0.3 is 0 Å². The highest BCUT2D eigenvalue weighted by atomic mass is 19.1. The quantitative estimate of drug-likeness (QED) is 0.803. The van der Waals surface area contributed by atoms with Crippen molar-refractivity contribution in [3.63, 3.8) is 0 Å². The molecule has 3 heteroatoms. The Morgan fingerprint density at radius 1 is 1.44 bits per heavy atom. The molecule has 0 saturated carbocycles. The summed E-state index contributed by atoms with van der Waals surface area (Å²) in [6.07, 6.45) is 2.25. The standard InChI is InChI=1S/C13H20FNO/c1-4-5-10(2)15-9-11-6-7-12(16-3)8-13(11)14/h6-8,10,15H,4-5,9H2,1-3H3. The summed E-state index contributed by atoms with van der Waals surface area (Å²) in [7, 11) is 1.54. The Bertz CT molecular complexity index is 328. The lowest BCUT2D eigenvalue weighted by molar-refractivity contribution is 0.410. The third-order valence-electron chi connectivity index (χ3n) is 2.62. The maximum atomic E-state index is 13.6. The Kier molecular flexibility index (Phi) is 5.26. The zero-order valence-corrected chi connectivity index (χ0v) is 10.2. The van der Waals surface area contributed by atoms with Gasteiger partial charge in [-0.05, 0) is 19.4 Å². The van der Waals surface area contributed by atoms with Crippen molar-refractivity contribution in [3.05, 3.63) is 29.6 Å². The Morgan fingerprint density at radius 3 is 2.75 bits per heavy atom. The molecule has 16 heavy (non-hydrogen) atoms. The zero-order chi connectivity index (χ0) is 12.0. The van der Waals surface area contributed by atoms with Gasteiger partial charge in [0.25, 0.3) is 0 Å². The van der Waals surface area contributed by atoms with E-state index in [9.17, 15) is 4.39 Å². The fourth-order valence-corrected chi connectivity index (χ4v) is 1.62. The molecule has 0 fully saturated rings. The smallest absolute Gasteiger partial charge is 0.131 e. The van der Waals surface area contributed by atoms with E-state index in [0.29, 0.717) is 23.9 Å². The molecule has 2 nitrogen and oxygen atoms in total. The van der Waals surface area contributed by atoms with E-state index >= 15 is 0 Å². The molecule has 0 radical (unpaired) electrons. The van der Waals surface area contributed by atoms with Gasteiger partial charge in [0.05, 0.1) is 7.11 Å². The van der Waals surface area contributed by atoms with E-state index in [1.807, 2.05) is 0 Å². The number of halogens is 1. The van der Waals surface area contributed by atoms with Crippen LogP contribution >= 0.6 is 0 Å². The number of rotatable bonds is 6. The van der Waals surface area contributed by atoms with Crippen LogP contribution in [0.1, 0.15) is 32.3 Å². The second-order valence-corrected chi connectivity index (χ2v) is 4.03. The van der Waals surface area contributed by atoms with Crippen molar-refractivity contribution >= 4 is 0 Å². The summed E-state index contributed by atoms with van der Waals surface area (Å²) in [6, 6.07) is 5.39. The van der Waals surface area contributed by atoms with Gasteiger partial charge in [-0.3, -0.25) is 0 Å². The lowest BCUT2D eigenvalue weighted by Gasteiger charge is -2.13. The topological polar surface area (TPSA) is 21.3 Å². The largest absolute Gasteiger partial charge is 0.497 e. The summed E-state index contributed by atoms with van der Waals surface area (Å²) >= 11 is 0. The minimum Gasteiger partial charge on any atom is -0.497 e. The molecular weight excluding hydrogens is 205 g/mol. The molecule has 0 aliphatic rings. The third-order valence-corrected chi connectivity index (χ3v) is 2.62. The Hall–Kier alpha value is -1.09. The van der Waals surface area contributed by atoms with E-state index < -0.39 is 0 Å². The van der Waals surface area contributed by atoms with Crippen molar-refractivity contribution in [2.75, 3.05) is 7.11 Å². The fraction of sp³-hybridized carbons (Fsp3) is 0.538. The molecule has 1 aromatic rings. The molecule has 0 spiro atoms. The van der Waals surface area contributed by atoms with Crippen LogP contribution in [0.4, 0.5) is 4.39 Å². The summed E-state index contributed by atoms with van der Waals surface area (Å²) in [5.41, 5.74) is 0.684. The van der Waals surface area contributed by atoms with E-state index in [4.69, 9.17) is 4.74 Å². The number of nitrogens with one attached hydrogen (secondary N) is 1. The summed E-state index contributed by atoms with van der Waals surface area (Å²) in [6.45, 7) is 4.83. The number of methoxy groups -OCH3 is 1. The molecule has 1 rings (SSSR count). The Labute approximate surface area is 96.8 Å². The van der Waals surface area contributed by atoms with Crippen molar-refractivity contribution in [1.29, 1.82) is 0 Å². The normalized spacial score (nSPS) is 12.5. The molecule has 1 N–H and O–H groups in total. The van der Waals surface area contributed by atoms with Gasteiger partial charge in [0, 0.05) is 24.2 Å². The van der Waals surface area contributed by atoms with Crippen LogP contribution in [0.2, 0.25) is 0 Å². The van der Waals surface area contributed by atoms with Gasteiger partial charge in [0.2, 0.25) is 0 Å². The molecule has 0 bridgehead atoms. The van der Waals surface area contributed by atoms with E-state index in [2.05, 4.69) is 19.2 Å². The minimum atomic E-state index is -0.212. The Balaban J connectivity index is 2.54. The summed E-state index contributed by atoms with van der Waals surface area (Å²) in [5, 5.41) is 3.30. The fourth-order valence-electron chi connectivity index (χ4n) is 1.62. The number of hydrogen-bond acceptors (Lipinski definition) is 2. The van der Waals surface area contributed by atoms with Crippen LogP contribution < -0.4 is 10.1 Å². The third kappa shape index (κ3) is 3.81. The van der Waals surface area contributed by atoms with Crippen LogP contribution in [0, 0.1) is 5.82 Å². The highest BCUT2D eigenvalue weighted by Gasteiger charge is 2.05. The van der Waals surface area contributed by atoms with Crippen LogP contribution in [0.25, 0.3) is 0 Å².